The van der Waals surface area contributed by atoms with Crippen molar-refractivity contribution < 1.29 is 4.79 Å². The lowest BCUT2D eigenvalue weighted by molar-refractivity contribution is 0.0947. The number of anilines is 1. The fourth-order valence-corrected chi connectivity index (χ4v) is 2.89. The Bertz CT molecular complexity index is 634. The number of aromatic nitrogens is 2. The molecule has 1 atom stereocenters. The van der Waals surface area contributed by atoms with Crippen LogP contribution in [-0.2, 0) is 0 Å². The van der Waals surface area contributed by atoms with Crippen LogP contribution < -0.4 is 16.0 Å². The summed E-state index contributed by atoms with van der Waals surface area (Å²) in [5.41, 5.74) is 1.60. The lowest BCUT2D eigenvalue weighted by atomic mass is 10.1. The molecule has 128 valence electrons. The van der Waals surface area contributed by atoms with Crippen molar-refractivity contribution in [2.75, 3.05) is 31.5 Å². The minimum Gasteiger partial charge on any atom is -0.385 e. The zero-order chi connectivity index (χ0) is 16.6. The number of hydrogen-bond donors (Lipinski definition) is 3. The number of carbonyl (C=O) groups is 1. The van der Waals surface area contributed by atoms with Crippen LogP contribution in [0, 0.1) is 0 Å². The number of benzene rings is 1. The predicted octanol–water partition coefficient (Wildman–Crippen LogP) is 2.04. The molecule has 2 heterocycles. The molecule has 1 aromatic heterocycles. The van der Waals surface area contributed by atoms with Crippen LogP contribution in [0.3, 0.4) is 0 Å². The third kappa shape index (κ3) is 4.58. The Kier molecular flexibility index (Phi) is 5.85. The van der Waals surface area contributed by atoms with Gasteiger partial charge in [-0.1, -0.05) is 18.2 Å². The number of para-hydroxylation sites is 1. The molecule has 6 nitrogen and oxygen atoms in total. The van der Waals surface area contributed by atoms with Gasteiger partial charge in [0.15, 0.2) is 0 Å². The zero-order valence-electron chi connectivity index (χ0n) is 13.9. The summed E-state index contributed by atoms with van der Waals surface area (Å²) in [6, 6.07) is 12.2. The van der Waals surface area contributed by atoms with Crippen molar-refractivity contribution in [3.05, 3.63) is 48.3 Å². The van der Waals surface area contributed by atoms with E-state index in [1.165, 1.54) is 0 Å². The van der Waals surface area contributed by atoms with E-state index in [4.69, 9.17) is 0 Å². The minimum absolute atomic E-state index is 0.0998. The van der Waals surface area contributed by atoms with Gasteiger partial charge < -0.3 is 16.0 Å². The molecular weight excluding hydrogens is 302 g/mol. The molecule has 1 saturated heterocycles. The van der Waals surface area contributed by atoms with Crippen molar-refractivity contribution in [1.29, 1.82) is 0 Å². The van der Waals surface area contributed by atoms with Crippen LogP contribution in [-0.4, -0.2) is 41.9 Å². The van der Waals surface area contributed by atoms with Crippen LogP contribution in [0.5, 0.6) is 0 Å². The van der Waals surface area contributed by atoms with E-state index in [-0.39, 0.29) is 5.91 Å². The van der Waals surface area contributed by atoms with Gasteiger partial charge in [-0.25, -0.2) is 0 Å². The number of piperidine rings is 1. The maximum atomic E-state index is 12.2. The second-order valence-corrected chi connectivity index (χ2v) is 6.08. The number of nitrogens with one attached hydrogen (secondary N) is 3. The van der Waals surface area contributed by atoms with Gasteiger partial charge in [0.1, 0.15) is 5.69 Å². The molecule has 0 bridgehead atoms. The zero-order valence-corrected chi connectivity index (χ0v) is 13.9. The molecule has 0 spiro atoms. The first-order chi connectivity index (χ1) is 11.8. The third-order valence-corrected chi connectivity index (χ3v) is 4.23. The highest BCUT2D eigenvalue weighted by Gasteiger charge is 2.17. The molecule has 0 radical (unpaired) electrons. The summed E-state index contributed by atoms with van der Waals surface area (Å²) in [6.07, 6.45) is 5.04. The third-order valence-electron chi connectivity index (χ3n) is 4.23. The molecule has 0 aliphatic carbocycles. The second-order valence-electron chi connectivity index (χ2n) is 6.08. The van der Waals surface area contributed by atoms with Gasteiger partial charge in [0, 0.05) is 31.5 Å². The number of amides is 1. The van der Waals surface area contributed by atoms with E-state index in [2.05, 4.69) is 21.0 Å². The smallest absolute Gasteiger partial charge is 0.271 e. The van der Waals surface area contributed by atoms with Gasteiger partial charge in [-0.15, -0.1) is 0 Å². The van der Waals surface area contributed by atoms with Gasteiger partial charge in [0.05, 0.1) is 6.04 Å². The molecule has 6 heteroatoms. The Labute approximate surface area is 142 Å². The number of nitrogens with zero attached hydrogens (tertiary/aromatic N) is 2. The van der Waals surface area contributed by atoms with Crippen LogP contribution in [0.25, 0.3) is 0 Å². The molecule has 1 amide bonds. The molecule has 3 N–H and O–H groups in total. The van der Waals surface area contributed by atoms with E-state index in [1.807, 2.05) is 41.2 Å². The highest BCUT2D eigenvalue weighted by molar-refractivity contribution is 5.92. The first-order valence-corrected chi connectivity index (χ1v) is 8.66. The Hall–Kier alpha value is -2.34. The van der Waals surface area contributed by atoms with Crippen molar-refractivity contribution in [1.82, 2.24) is 20.4 Å². The van der Waals surface area contributed by atoms with Crippen LogP contribution in [0.15, 0.2) is 42.6 Å². The van der Waals surface area contributed by atoms with Gasteiger partial charge >= 0.3 is 0 Å². The van der Waals surface area contributed by atoms with E-state index in [9.17, 15) is 4.79 Å². The van der Waals surface area contributed by atoms with Gasteiger partial charge in [-0.2, -0.15) is 5.10 Å². The van der Waals surface area contributed by atoms with Crippen LogP contribution in [0.2, 0.25) is 0 Å². The Morgan fingerprint density at radius 3 is 2.92 bits per heavy atom. The first-order valence-electron chi connectivity index (χ1n) is 8.66. The molecule has 1 fully saturated rings. The van der Waals surface area contributed by atoms with Crippen LogP contribution in [0.4, 0.5) is 5.69 Å². The Balaban J connectivity index is 1.38. The van der Waals surface area contributed by atoms with E-state index in [1.54, 1.807) is 6.07 Å². The van der Waals surface area contributed by atoms with Crippen LogP contribution >= 0.6 is 0 Å². The SMILES string of the molecule is O=C(NCCCNc1ccccc1)c1ccn(C2CCCNC2)n1. The van der Waals surface area contributed by atoms with E-state index in [0.29, 0.717) is 18.3 Å². The van der Waals surface area contributed by atoms with Crippen molar-refractivity contribution in [3.63, 3.8) is 0 Å². The molecule has 24 heavy (non-hydrogen) atoms. The fourth-order valence-electron chi connectivity index (χ4n) is 2.89. The van der Waals surface area contributed by atoms with Gasteiger partial charge in [0.2, 0.25) is 0 Å². The predicted molar refractivity (Wildman–Crippen MR) is 95.2 cm³/mol. The standard InChI is InChI=1S/C18H25N5O/c24-18(21-12-5-11-20-15-6-2-1-3-7-15)17-9-13-23(22-17)16-8-4-10-19-14-16/h1-3,6-7,9,13,16,19-20H,4-5,8,10-12,14H2,(H,21,24). The highest BCUT2D eigenvalue weighted by Crippen LogP contribution is 2.15. The largest absolute Gasteiger partial charge is 0.385 e. The van der Waals surface area contributed by atoms with E-state index < -0.39 is 0 Å². The summed E-state index contributed by atoms with van der Waals surface area (Å²) in [7, 11) is 0. The summed E-state index contributed by atoms with van der Waals surface area (Å²) in [4.78, 5) is 12.2. The molecule has 1 aliphatic rings. The van der Waals surface area contributed by atoms with E-state index >= 15 is 0 Å². The van der Waals surface area contributed by atoms with Gasteiger partial charge in [-0.3, -0.25) is 9.48 Å². The maximum Gasteiger partial charge on any atom is 0.271 e. The summed E-state index contributed by atoms with van der Waals surface area (Å²) in [6.45, 7) is 3.46. The van der Waals surface area contributed by atoms with Gasteiger partial charge in [-0.05, 0) is 44.0 Å². The summed E-state index contributed by atoms with van der Waals surface area (Å²) < 4.78 is 1.91. The molecule has 1 unspecified atom stereocenters. The number of carbonyl (C=O) groups excluding carboxylic acids is 1. The maximum absolute atomic E-state index is 12.2. The fraction of sp³-hybridized carbons (Fsp3) is 0.444. The molecule has 1 aliphatic heterocycles. The van der Waals surface area contributed by atoms with Crippen molar-refractivity contribution >= 4 is 11.6 Å². The highest BCUT2D eigenvalue weighted by atomic mass is 16.1. The number of rotatable bonds is 7. The lowest BCUT2D eigenvalue weighted by Gasteiger charge is -2.22. The van der Waals surface area contributed by atoms with E-state index in [0.717, 1.165) is 44.6 Å². The molecule has 3 rings (SSSR count). The topological polar surface area (TPSA) is 71.0 Å². The molecular formula is C18H25N5O. The Morgan fingerprint density at radius 1 is 1.25 bits per heavy atom. The van der Waals surface area contributed by atoms with Crippen molar-refractivity contribution in [2.24, 2.45) is 0 Å². The first kappa shape index (κ1) is 16.5. The van der Waals surface area contributed by atoms with Crippen LogP contribution in [0.1, 0.15) is 35.8 Å². The van der Waals surface area contributed by atoms with Crippen molar-refractivity contribution in [3.8, 4) is 0 Å². The van der Waals surface area contributed by atoms with Crippen molar-refractivity contribution in [2.45, 2.75) is 25.3 Å². The quantitative estimate of drug-likeness (QED) is 0.681. The average Bonchev–Trinajstić information content (AvgIpc) is 3.13. The monoisotopic (exact) mass is 327 g/mol. The lowest BCUT2D eigenvalue weighted by Crippen LogP contribution is -2.32. The molecule has 2 aromatic rings. The second kappa shape index (κ2) is 8.49. The average molecular weight is 327 g/mol. The summed E-state index contributed by atoms with van der Waals surface area (Å²) >= 11 is 0. The minimum atomic E-state index is -0.0998. The van der Waals surface area contributed by atoms with Gasteiger partial charge in [0.25, 0.3) is 5.91 Å². The Morgan fingerprint density at radius 2 is 2.12 bits per heavy atom. The summed E-state index contributed by atoms with van der Waals surface area (Å²) in [5.74, 6) is -0.0998. The number of hydrogen-bond acceptors (Lipinski definition) is 4. The normalized spacial score (nSPS) is 17.4. The molecule has 0 saturated carbocycles. The summed E-state index contributed by atoms with van der Waals surface area (Å²) in [5, 5.41) is 14.1. The molecule has 1 aromatic carbocycles.